The second-order valence-corrected chi connectivity index (χ2v) is 9.04. The first-order valence-corrected chi connectivity index (χ1v) is 11.4. The molecule has 158 valence electrons. The lowest BCUT2D eigenvalue weighted by Crippen LogP contribution is -2.57. The number of hydrogen-bond donors (Lipinski definition) is 0. The Hall–Kier alpha value is -3.38. The van der Waals surface area contributed by atoms with Crippen molar-refractivity contribution in [1.29, 1.82) is 0 Å². The van der Waals surface area contributed by atoms with E-state index in [0.717, 1.165) is 32.6 Å². The summed E-state index contributed by atoms with van der Waals surface area (Å²) >= 11 is 3.59. The Bertz CT molecular complexity index is 1290. The van der Waals surface area contributed by atoms with Crippen molar-refractivity contribution in [3.8, 4) is 5.75 Å². The van der Waals surface area contributed by atoms with E-state index < -0.39 is 5.72 Å². The van der Waals surface area contributed by atoms with Crippen molar-refractivity contribution in [2.75, 3.05) is 11.4 Å². The third kappa shape index (κ3) is 2.56. The van der Waals surface area contributed by atoms with Crippen molar-refractivity contribution in [3.63, 3.8) is 0 Å². The van der Waals surface area contributed by atoms with Crippen LogP contribution in [-0.4, -0.2) is 23.2 Å². The highest BCUT2D eigenvalue weighted by Crippen LogP contribution is 2.55. The summed E-state index contributed by atoms with van der Waals surface area (Å²) in [6, 6.07) is 23.8. The molecule has 1 spiro atoms. The minimum absolute atomic E-state index is 0.118. The lowest BCUT2D eigenvalue weighted by Gasteiger charge is -2.44. The minimum atomic E-state index is -1.35. The molecule has 1 amide bonds. The zero-order valence-electron chi connectivity index (χ0n) is 17.2. The molecular weight excluding hydrogens is 466 g/mol. The molecule has 0 saturated heterocycles. The number of rotatable bonds is 3. The summed E-state index contributed by atoms with van der Waals surface area (Å²) in [6.07, 6.45) is 2.43. The third-order valence-corrected chi connectivity index (χ3v) is 6.83. The number of nitrogens with zero attached hydrogens (tertiary/aromatic N) is 3. The van der Waals surface area contributed by atoms with E-state index in [1.807, 2.05) is 59.6 Å². The van der Waals surface area contributed by atoms with Crippen LogP contribution < -0.4 is 9.64 Å². The molecule has 0 saturated carbocycles. The van der Waals surface area contributed by atoms with Gasteiger partial charge < -0.3 is 9.64 Å². The van der Waals surface area contributed by atoms with Crippen LogP contribution in [0.25, 0.3) is 0 Å². The molecule has 2 atom stereocenters. The molecule has 0 radical (unpaired) electrons. The highest BCUT2D eigenvalue weighted by atomic mass is 79.9. The smallest absolute Gasteiger partial charge is 0.306 e. The normalized spacial score (nSPS) is 22.8. The van der Waals surface area contributed by atoms with Crippen molar-refractivity contribution >= 4 is 33.2 Å². The Balaban J connectivity index is 1.59. The van der Waals surface area contributed by atoms with E-state index in [4.69, 9.17) is 9.84 Å². The van der Waals surface area contributed by atoms with Crippen molar-refractivity contribution in [3.05, 3.63) is 107 Å². The average Bonchev–Trinajstić information content (AvgIpc) is 3.37. The first-order chi connectivity index (χ1) is 15.6. The Labute approximate surface area is 194 Å². The standard InChI is InChI=1S/C26H20BrN3O2/c1-2-14-29-22-11-7-6-10-20(22)26(25(29)31)30-23(19-15-18(27)12-13-24(19)32-26)16-21(28-30)17-8-4-3-5-9-17/h2-13,15,23H,1,14,16H2/t23-,26-/m1/s1. The van der Waals surface area contributed by atoms with Crippen LogP contribution in [0.1, 0.15) is 29.2 Å². The van der Waals surface area contributed by atoms with Crippen molar-refractivity contribution in [2.24, 2.45) is 5.10 Å². The number of benzene rings is 3. The van der Waals surface area contributed by atoms with Crippen LogP contribution in [0.2, 0.25) is 0 Å². The van der Waals surface area contributed by atoms with E-state index in [-0.39, 0.29) is 11.9 Å². The van der Waals surface area contributed by atoms with Crippen molar-refractivity contribution in [2.45, 2.75) is 18.2 Å². The molecule has 3 heterocycles. The number of carbonyl (C=O) groups is 1. The van der Waals surface area contributed by atoms with Gasteiger partial charge in [0.05, 0.1) is 23.0 Å². The van der Waals surface area contributed by atoms with Gasteiger partial charge >= 0.3 is 5.72 Å². The number of amides is 1. The quantitative estimate of drug-likeness (QED) is 0.468. The summed E-state index contributed by atoms with van der Waals surface area (Å²) in [6.45, 7) is 4.25. The fourth-order valence-electron chi connectivity index (χ4n) is 4.96. The number of fused-ring (bicyclic) bond motifs is 6. The van der Waals surface area contributed by atoms with Crippen LogP contribution in [0.5, 0.6) is 5.75 Å². The van der Waals surface area contributed by atoms with Gasteiger partial charge in [-0.1, -0.05) is 70.5 Å². The summed E-state index contributed by atoms with van der Waals surface area (Å²) in [5.74, 6) is 0.567. The Kier molecular flexibility index (Phi) is 4.27. The summed E-state index contributed by atoms with van der Waals surface area (Å²) in [7, 11) is 0. The average molecular weight is 486 g/mol. The van der Waals surface area contributed by atoms with Crippen LogP contribution >= 0.6 is 15.9 Å². The van der Waals surface area contributed by atoms with Crippen LogP contribution in [0.4, 0.5) is 5.69 Å². The van der Waals surface area contributed by atoms with Gasteiger partial charge in [-0.05, 0) is 29.8 Å². The summed E-state index contributed by atoms with van der Waals surface area (Å²) < 4.78 is 7.59. The van der Waals surface area contributed by atoms with E-state index in [2.05, 4.69) is 40.7 Å². The Morgan fingerprint density at radius 3 is 2.72 bits per heavy atom. The number of halogens is 1. The van der Waals surface area contributed by atoms with Gasteiger partial charge in [-0.15, -0.1) is 6.58 Å². The number of hydrogen-bond acceptors (Lipinski definition) is 4. The molecule has 3 aromatic rings. The van der Waals surface area contributed by atoms with Gasteiger partial charge in [-0.3, -0.25) is 4.79 Å². The number of ether oxygens (including phenoxy) is 1. The van der Waals surface area contributed by atoms with Gasteiger partial charge in [0.2, 0.25) is 0 Å². The van der Waals surface area contributed by atoms with Gasteiger partial charge in [0.1, 0.15) is 5.75 Å². The maximum atomic E-state index is 14.0. The van der Waals surface area contributed by atoms with Gasteiger partial charge in [0.25, 0.3) is 5.91 Å². The van der Waals surface area contributed by atoms with Crippen molar-refractivity contribution < 1.29 is 9.53 Å². The van der Waals surface area contributed by atoms with E-state index in [9.17, 15) is 4.79 Å². The molecule has 5 nitrogen and oxygen atoms in total. The molecule has 0 unspecified atom stereocenters. The molecule has 3 aliphatic heterocycles. The highest BCUT2D eigenvalue weighted by molar-refractivity contribution is 9.10. The van der Waals surface area contributed by atoms with Crippen LogP contribution in [0.3, 0.4) is 0 Å². The van der Waals surface area contributed by atoms with E-state index in [0.29, 0.717) is 18.7 Å². The number of anilines is 1. The SMILES string of the molecule is C=CCN1C(=O)[C@]2(Oc3ccc(Br)cc3[C@H]3CC(c4ccccc4)=NN32)c2ccccc21. The first-order valence-electron chi connectivity index (χ1n) is 10.6. The fourth-order valence-corrected chi connectivity index (χ4v) is 5.34. The topological polar surface area (TPSA) is 45.1 Å². The molecule has 0 fully saturated rings. The lowest BCUT2D eigenvalue weighted by atomic mass is 9.92. The molecule has 0 aliphatic carbocycles. The molecule has 6 heteroatoms. The van der Waals surface area contributed by atoms with Gasteiger partial charge in [0, 0.05) is 23.0 Å². The van der Waals surface area contributed by atoms with E-state index in [1.165, 1.54) is 0 Å². The van der Waals surface area contributed by atoms with Gasteiger partial charge in [-0.25, -0.2) is 5.01 Å². The molecule has 3 aromatic carbocycles. The second kappa shape index (κ2) is 7.07. The van der Waals surface area contributed by atoms with Gasteiger partial charge in [-0.2, -0.15) is 5.10 Å². The largest absolute Gasteiger partial charge is 0.453 e. The molecule has 0 N–H and O–H groups in total. The predicted octanol–water partition coefficient (Wildman–Crippen LogP) is 5.38. The molecule has 0 bridgehead atoms. The van der Waals surface area contributed by atoms with Crippen LogP contribution in [0, 0.1) is 0 Å². The highest BCUT2D eigenvalue weighted by Gasteiger charge is 2.63. The molecule has 0 aromatic heterocycles. The molecule has 3 aliphatic rings. The van der Waals surface area contributed by atoms with Crippen molar-refractivity contribution in [1.82, 2.24) is 5.01 Å². The second-order valence-electron chi connectivity index (χ2n) is 8.13. The summed E-state index contributed by atoms with van der Waals surface area (Å²) in [4.78, 5) is 15.8. The third-order valence-electron chi connectivity index (χ3n) is 6.34. The number of para-hydroxylation sites is 1. The first kappa shape index (κ1) is 19.3. The van der Waals surface area contributed by atoms with E-state index in [1.54, 1.807) is 11.0 Å². The van der Waals surface area contributed by atoms with Crippen LogP contribution in [0.15, 0.2) is 95.0 Å². The fraction of sp³-hybridized carbons (Fsp3) is 0.154. The summed E-state index contributed by atoms with van der Waals surface area (Å²) in [5.41, 5.74) is 3.31. The maximum Gasteiger partial charge on any atom is 0.306 e. The zero-order chi connectivity index (χ0) is 21.9. The maximum absolute atomic E-state index is 14.0. The monoisotopic (exact) mass is 485 g/mol. The zero-order valence-corrected chi connectivity index (χ0v) is 18.8. The number of hydrazone groups is 1. The summed E-state index contributed by atoms with van der Waals surface area (Å²) in [5, 5.41) is 6.91. The predicted molar refractivity (Wildman–Crippen MR) is 128 cm³/mol. The molecule has 32 heavy (non-hydrogen) atoms. The minimum Gasteiger partial charge on any atom is -0.453 e. The molecule has 6 rings (SSSR count). The lowest BCUT2D eigenvalue weighted by molar-refractivity contribution is -0.163. The Morgan fingerprint density at radius 1 is 1.12 bits per heavy atom. The van der Waals surface area contributed by atoms with E-state index >= 15 is 0 Å². The van der Waals surface area contributed by atoms with Gasteiger partial charge in [0.15, 0.2) is 0 Å². The number of carbonyl (C=O) groups excluding carboxylic acids is 1. The van der Waals surface area contributed by atoms with Crippen LogP contribution in [-0.2, 0) is 10.5 Å². The Morgan fingerprint density at radius 2 is 1.91 bits per heavy atom. The molecular formula is C26H20BrN3O2.